The summed E-state index contributed by atoms with van der Waals surface area (Å²) in [6, 6.07) is 4.67. The molecule has 2 nitrogen and oxygen atoms in total. The normalized spacial score (nSPS) is 14.4. The van der Waals surface area contributed by atoms with Crippen molar-refractivity contribution in [2.24, 2.45) is 5.73 Å². The summed E-state index contributed by atoms with van der Waals surface area (Å²) in [5.41, 5.74) is 6.49. The van der Waals surface area contributed by atoms with Crippen LogP contribution in [0.1, 0.15) is 18.5 Å². The Balaban J connectivity index is 0.00000169. The molecule has 1 aromatic carbocycles. The molecule has 0 spiro atoms. The Kier molecular flexibility index (Phi) is 5.79. The fraction of sp³-hybridized carbons (Fsp3) is 0.333. The average molecular weight is 257 g/mol. The van der Waals surface area contributed by atoms with Gasteiger partial charge in [0, 0.05) is 0 Å². The zero-order chi connectivity index (χ0) is 10.0. The van der Waals surface area contributed by atoms with Crippen LogP contribution in [-0.4, -0.2) is 11.2 Å². The van der Waals surface area contributed by atoms with Crippen LogP contribution in [0.15, 0.2) is 18.2 Å². The quantitative estimate of drug-likeness (QED) is 0.855. The molecule has 0 aliphatic heterocycles. The van der Waals surface area contributed by atoms with Gasteiger partial charge in [0.15, 0.2) is 0 Å². The van der Waals surface area contributed by atoms with Crippen LogP contribution in [0.2, 0.25) is 10.0 Å². The van der Waals surface area contributed by atoms with Gasteiger partial charge in [-0.2, -0.15) is 0 Å². The standard InChI is InChI=1S/C9H11Cl2NO.ClH/c1-5(13)9(12)6-2-3-7(10)8(11)4-6;/h2-5,9,13H,12H2,1H3;1H/t5-,9-;/m1./s1. The van der Waals surface area contributed by atoms with Crippen molar-refractivity contribution in [1.29, 1.82) is 0 Å². The number of nitrogens with two attached hydrogens (primary N) is 1. The van der Waals surface area contributed by atoms with Crippen LogP contribution in [0.25, 0.3) is 0 Å². The minimum Gasteiger partial charge on any atom is -0.391 e. The predicted octanol–water partition coefficient (Wildman–Crippen LogP) is 2.80. The van der Waals surface area contributed by atoms with E-state index < -0.39 is 12.1 Å². The number of halogens is 3. The molecule has 1 rings (SSSR count). The van der Waals surface area contributed by atoms with E-state index in [-0.39, 0.29) is 12.4 Å². The van der Waals surface area contributed by atoms with E-state index in [1.165, 1.54) is 0 Å². The molecule has 0 aromatic heterocycles. The van der Waals surface area contributed by atoms with Gasteiger partial charge in [-0.3, -0.25) is 0 Å². The molecule has 80 valence electrons. The van der Waals surface area contributed by atoms with Crippen molar-refractivity contribution in [3.63, 3.8) is 0 Å². The second-order valence-electron chi connectivity index (χ2n) is 2.94. The lowest BCUT2D eigenvalue weighted by Gasteiger charge is -2.15. The first-order chi connectivity index (χ1) is 6.02. The molecular formula is C9H12Cl3NO. The van der Waals surface area contributed by atoms with Crippen LogP contribution in [0.4, 0.5) is 0 Å². The fourth-order valence-corrected chi connectivity index (χ4v) is 1.30. The van der Waals surface area contributed by atoms with Crippen LogP contribution in [-0.2, 0) is 0 Å². The molecule has 0 aliphatic rings. The van der Waals surface area contributed by atoms with Crippen molar-refractivity contribution in [3.05, 3.63) is 33.8 Å². The summed E-state index contributed by atoms with van der Waals surface area (Å²) in [5.74, 6) is 0. The highest BCUT2D eigenvalue weighted by atomic mass is 35.5. The van der Waals surface area contributed by atoms with E-state index in [0.717, 1.165) is 5.56 Å². The number of hydrogen-bond acceptors (Lipinski definition) is 2. The average Bonchev–Trinajstić information content (AvgIpc) is 2.08. The Morgan fingerprint density at radius 3 is 2.29 bits per heavy atom. The van der Waals surface area contributed by atoms with E-state index in [0.29, 0.717) is 10.0 Å². The van der Waals surface area contributed by atoms with Crippen molar-refractivity contribution in [2.45, 2.75) is 19.1 Å². The molecular weight excluding hydrogens is 244 g/mol. The maximum Gasteiger partial charge on any atom is 0.0704 e. The Bertz CT molecular complexity index is 304. The summed E-state index contributed by atoms with van der Waals surface area (Å²) in [5, 5.41) is 10.2. The third-order valence-electron chi connectivity index (χ3n) is 1.85. The van der Waals surface area contributed by atoms with Gasteiger partial charge in [-0.15, -0.1) is 12.4 Å². The summed E-state index contributed by atoms with van der Waals surface area (Å²) >= 11 is 11.5. The molecule has 0 unspecified atom stereocenters. The number of rotatable bonds is 2. The van der Waals surface area contributed by atoms with E-state index in [4.69, 9.17) is 28.9 Å². The zero-order valence-electron chi connectivity index (χ0n) is 7.58. The molecule has 0 fully saturated rings. The van der Waals surface area contributed by atoms with Crippen molar-refractivity contribution in [1.82, 2.24) is 0 Å². The van der Waals surface area contributed by atoms with Gasteiger partial charge in [-0.05, 0) is 24.6 Å². The van der Waals surface area contributed by atoms with Gasteiger partial charge in [0.25, 0.3) is 0 Å². The molecule has 1 aromatic rings. The van der Waals surface area contributed by atoms with Gasteiger partial charge in [0.2, 0.25) is 0 Å². The largest absolute Gasteiger partial charge is 0.391 e. The van der Waals surface area contributed by atoms with E-state index in [9.17, 15) is 5.11 Å². The minimum absolute atomic E-state index is 0. The minimum atomic E-state index is -0.600. The van der Waals surface area contributed by atoms with Gasteiger partial charge in [0.05, 0.1) is 22.2 Å². The van der Waals surface area contributed by atoms with Crippen LogP contribution >= 0.6 is 35.6 Å². The number of benzene rings is 1. The monoisotopic (exact) mass is 255 g/mol. The molecule has 0 bridgehead atoms. The molecule has 0 radical (unpaired) electrons. The molecule has 0 heterocycles. The SMILES string of the molecule is C[C@@H](O)[C@@H](N)c1ccc(Cl)c(Cl)c1.Cl. The van der Waals surface area contributed by atoms with Crippen LogP contribution in [0.5, 0.6) is 0 Å². The highest BCUT2D eigenvalue weighted by Crippen LogP contribution is 2.25. The maximum atomic E-state index is 9.23. The predicted molar refractivity (Wildman–Crippen MR) is 62.3 cm³/mol. The molecule has 0 aliphatic carbocycles. The summed E-state index contributed by atoms with van der Waals surface area (Å²) < 4.78 is 0. The van der Waals surface area contributed by atoms with E-state index >= 15 is 0 Å². The van der Waals surface area contributed by atoms with Gasteiger partial charge < -0.3 is 10.8 Å². The first-order valence-corrected chi connectivity index (χ1v) is 4.66. The lowest BCUT2D eigenvalue weighted by atomic mass is 10.0. The molecule has 3 N–H and O–H groups in total. The summed E-state index contributed by atoms with van der Waals surface area (Å²) in [6.07, 6.45) is -0.600. The molecule has 0 amide bonds. The van der Waals surface area contributed by atoms with Crippen molar-refractivity contribution >= 4 is 35.6 Å². The summed E-state index contributed by atoms with van der Waals surface area (Å²) in [6.45, 7) is 1.63. The fourth-order valence-electron chi connectivity index (χ4n) is 0.998. The molecule has 0 saturated heterocycles. The van der Waals surface area contributed by atoms with Gasteiger partial charge in [-0.25, -0.2) is 0 Å². The highest BCUT2D eigenvalue weighted by Gasteiger charge is 2.12. The molecule has 14 heavy (non-hydrogen) atoms. The first-order valence-electron chi connectivity index (χ1n) is 3.91. The summed E-state index contributed by atoms with van der Waals surface area (Å²) in [7, 11) is 0. The Morgan fingerprint density at radius 2 is 1.86 bits per heavy atom. The van der Waals surface area contributed by atoms with Crippen LogP contribution in [0, 0.1) is 0 Å². The van der Waals surface area contributed by atoms with Crippen molar-refractivity contribution < 1.29 is 5.11 Å². The maximum absolute atomic E-state index is 9.23. The Morgan fingerprint density at radius 1 is 1.29 bits per heavy atom. The third kappa shape index (κ3) is 3.30. The van der Waals surface area contributed by atoms with Gasteiger partial charge >= 0.3 is 0 Å². The molecule has 2 atom stereocenters. The number of aliphatic hydroxyl groups excluding tert-OH is 1. The number of aliphatic hydroxyl groups is 1. The molecule has 5 heteroatoms. The van der Waals surface area contributed by atoms with Crippen molar-refractivity contribution in [3.8, 4) is 0 Å². The second kappa shape index (κ2) is 5.79. The van der Waals surface area contributed by atoms with E-state index in [1.807, 2.05) is 0 Å². The smallest absolute Gasteiger partial charge is 0.0704 e. The van der Waals surface area contributed by atoms with Crippen molar-refractivity contribution in [2.75, 3.05) is 0 Å². The molecule has 0 saturated carbocycles. The van der Waals surface area contributed by atoms with Crippen LogP contribution < -0.4 is 5.73 Å². The Labute approximate surface area is 99.4 Å². The lowest BCUT2D eigenvalue weighted by molar-refractivity contribution is 0.164. The third-order valence-corrected chi connectivity index (χ3v) is 2.59. The number of hydrogen-bond donors (Lipinski definition) is 2. The second-order valence-corrected chi connectivity index (χ2v) is 3.75. The summed E-state index contributed by atoms with van der Waals surface area (Å²) in [4.78, 5) is 0. The lowest BCUT2D eigenvalue weighted by Crippen LogP contribution is -2.22. The van der Waals surface area contributed by atoms with Gasteiger partial charge in [-0.1, -0.05) is 29.3 Å². The van der Waals surface area contributed by atoms with Gasteiger partial charge in [0.1, 0.15) is 0 Å². The zero-order valence-corrected chi connectivity index (χ0v) is 9.90. The van der Waals surface area contributed by atoms with Crippen LogP contribution in [0.3, 0.4) is 0 Å². The topological polar surface area (TPSA) is 46.2 Å². The van der Waals surface area contributed by atoms with E-state index in [1.54, 1.807) is 25.1 Å². The Hall–Kier alpha value is 0.01000. The highest BCUT2D eigenvalue weighted by molar-refractivity contribution is 6.42. The van der Waals surface area contributed by atoms with E-state index in [2.05, 4.69) is 0 Å². The first kappa shape index (κ1) is 14.0.